The molecule has 0 atom stereocenters. The Balaban J connectivity index is 1.49. The van der Waals surface area contributed by atoms with Crippen LogP contribution in [0.15, 0.2) is 60.8 Å². The molecule has 0 unspecified atom stereocenters. The Morgan fingerprint density at radius 3 is 2.69 bits per heavy atom. The summed E-state index contributed by atoms with van der Waals surface area (Å²) >= 11 is 0. The summed E-state index contributed by atoms with van der Waals surface area (Å²) in [5.41, 5.74) is 3.58. The molecule has 4 rings (SSSR count). The maximum atomic E-state index is 12.6. The predicted molar refractivity (Wildman–Crippen MR) is 110 cm³/mol. The van der Waals surface area contributed by atoms with Gasteiger partial charge in [-0.05, 0) is 55.3 Å². The smallest absolute Gasteiger partial charge is 0.338 e. The summed E-state index contributed by atoms with van der Waals surface area (Å²) in [4.78, 5) is 35.2. The topological polar surface area (TPSA) is 84.4 Å². The van der Waals surface area contributed by atoms with Crippen LogP contribution in [-0.2, 0) is 11.2 Å². The van der Waals surface area contributed by atoms with Gasteiger partial charge in [-0.3, -0.25) is 4.79 Å². The number of hydrogen-bond donors (Lipinski definition) is 1. The van der Waals surface area contributed by atoms with Crippen molar-refractivity contribution in [1.29, 1.82) is 0 Å². The molecule has 146 valence electrons. The number of nitrogens with zero attached hydrogens (tertiary/aromatic N) is 3. The maximum Gasteiger partial charge on any atom is 0.338 e. The highest BCUT2D eigenvalue weighted by Gasteiger charge is 2.22. The van der Waals surface area contributed by atoms with Crippen LogP contribution in [0.3, 0.4) is 0 Å². The van der Waals surface area contributed by atoms with Gasteiger partial charge in [-0.1, -0.05) is 18.2 Å². The lowest BCUT2D eigenvalue weighted by Crippen LogP contribution is -2.20. The number of hydrogen-bond acceptors (Lipinski definition) is 6. The van der Waals surface area contributed by atoms with Crippen molar-refractivity contribution < 1.29 is 14.3 Å². The Bertz CT molecular complexity index is 1050. The largest absolute Gasteiger partial charge is 0.462 e. The summed E-state index contributed by atoms with van der Waals surface area (Å²) in [5, 5.41) is 2.79. The van der Waals surface area contributed by atoms with Gasteiger partial charge in [-0.2, -0.15) is 0 Å². The van der Waals surface area contributed by atoms with Crippen molar-refractivity contribution in [3.63, 3.8) is 0 Å². The van der Waals surface area contributed by atoms with Crippen molar-refractivity contribution in [3.05, 3.63) is 77.6 Å². The van der Waals surface area contributed by atoms with Gasteiger partial charge in [0.1, 0.15) is 5.69 Å². The molecule has 1 amide bonds. The van der Waals surface area contributed by atoms with Gasteiger partial charge in [-0.15, -0.1) is 0 Å². The van der Waals surface area contributed by atoms with Crippen molar-refractivity contribution >= 4 is 29.2 Å². The molecule has 0 radical (unpaired) electrons. The molecule has 3 aromatic rings. The minimum Gasteiger partial charge on any atom is -0.462 e. The minimum atomic E-state index is -0.392. The number of nitrogens with one attached hydrogen (secondary N) is 1. The van der Waals surface area contributed by atoms with Crippen molar-refractivity contribution in [1.82, 2.24) is 9.97 Å². The number of esters is 1. The van der Waals surface area contributed by atoms with Crippen molar-refractivity contribution in [2.45, 2.75) is 13.3 Å². The Kier molecular flexibility index (Phi) is 5.20. The van der Waals surface area contributed by atoms with Crippen molar-refractivity contribution in [2.75, 3.05) is 23.4 Å². The zero-order valence-electron chi connectivity index (χ0n) is 16.0. The molecule has 0 bridgehead atoms. The monoisotopic (exact) mass is 388 g/mol. The van der Waals surface area contributed by atoms with E-state index >= 15 is 0 Å². The van der Waals surface area contributed by atoms with Gasteiger partial charge in [0.2, 0.25) is 5.95 Å². The number of anilines is 3. The van der Waals surface area contributed by atoms with Crippen molar-refractivity contribution in [3.8, 4) is 0 Å². The highest BCUT2D eigenvalue weighted by molar-refractivity contribution is 6.03. The SMILES string of the molecule is CCOC(=O)c1ccc(NC(=O)c2ccnc(N3CCc4ccccc43)n2)cc1. The van der Waals surface area contributed by atoms with E-state index < -0.39 is 5.97 Å². The van der Waals surface area contributed by atoms with Gasteiger partial charge in [0.05, 0.1) is 12.2 Å². The Hall–Kier alpha value is -3.74. The molecule has 2 aromatic carbocycles. The molecular formula is C22H20N4O3. The molecule has 29 heavy (non-hydrogen) atoms. The molecule has 7 heteroatoms. The summed E-state index contributed by atoms with van der Waals surface area (Å²) in [6, 6.07) is 16.2. The lowest BCUT2D eigenvalue weighted by Gasteiger charge is -2.17. The average Bonchev–Trinajstić information content (AvgIpc) is 3.19. The quantitative estimate of drug-likeness (QED) is 0.673. The predicted octanol–water partition coefficient (Wildman–Crippen LogP) is 3.60. The molecule has 1 aromatic heterocycles. The van der Waals surface area contributed by atoms with E-state index in [9.17, 15) is 9.59 Å². The van der Waals surface area contributed by atoms with E-state index in [2.05, 4.69) is 21.4 Å². The zero-order valence-corrected chi connectivity index (χ0v) is 16.0. The fourth-order valence-corrected chi connectivity index (χ4v) is 3.25. The number of rotatable bonds is 5. The van der Waals surface area contributed by atoms with Crippen LogP contribution < -0.4 is 10.2 Å². The van der Waals surface area contributed by atoms with E-state index in [4.69, 9.17) is 4.74 Å². The molecule has 7 nitrogen and oxygen atoms in total. The first-order valence-corrected chi connectivity index (χ1v) is 9.42. The van der Waals surface area contributed by atoms with Gasteiger partial charge in [0.15, 0.2) is 0 Å². The van der Waals surface area contributed by atoms with Crippen molar-refractivity contribution in [2.24, 2.45) is 0 Å². The Labute approximate surface area is 168 Å². The van der Waals surface area contributed by atoms with Gasteiger partial charge < -0.3 is 15.0 Å². The average molecular weight is 388 g/mol. The molecule has 1 aliphatic heterocycles. The third kappa shape index (κ3) is 3.94. The Morgan fingerprint density at radius 1 is 1.10 bits per heavy atom. The molecule has 1 N–H and O–H groups in total. The number of amides is 1. The molecule has 1 aliphatic rings. The fraction of sp³-hybridized carbons (Fsp3) is 0.182. The second kappa shape index (κ2) is 8.10. The number of para-hydroxylation sites is 1. The van der Waals surface area contributed by atoms with Crippen LogP contribution in [0.1, 0.15) is 33.3 Å². The van der Waals surface area contributed by atoms with E-state index in [-0.39, 0.29) is 11.6 Å². The van der Waals surface area contributed by atoms with Crippen LogP contribution in [0.25, 0.3) is 0 Å². The lowest BCUT2D eigenvalue weighted by atomic mass is 10.2. The first kappa shape index (κ1) is 18.6. The van der Waals surface area contributed by atoms with E-state index in [1.165, 1.54) is 5.56 Å². The summed E-state index contributed by atoms with van der Waals surface area (Å²) in [6.07, 6.45) is 2.50. The molecule has 0 spiro atoms. The van der Waals surface area contributed by atoms with E-state index in [1.54, 1.807) is 43.5 Å². The van der Waals surface area contributed by atoms with Gasteiger partial charge in [0, 0.05) is 24.1 Å². The molecule has 2 heterocycles. The van der Waals surface area contributed by atoms with E-state index in [1.807, 2.05) is 23.1 Å². The second-order valence-corrected chi connectivity index (χ2v) is 6.52. The van der Waals surface area contributed by atoms with Crippen LogP contribution in [0.2, 0.25) is 0 Å². The minimum absolute atomic E-state index is 0.272. The summed E-state index contributed by atoms with van der Waals surface area (Å²) < 4.78 is 4.96. The lowest BCUT2D eigenvalue weighted by molar-refractivity contribution is 0.0526. The molecule has 0 aliphatic carbocycles. The van der Waals surface area contributed by atoms with E-state index in [0.29, 0.717) is 23.8 Å². The molecule has 0 saturated heterocycles. The standard InChI is InChI=1S/C22H20N4O3/c1-2-29-21(28)16-7-9-17(10-8-16)24-20(27)18-11-13-23-22(25-18)26-14-12-15-5-3-4-6-19(15)26/h3-11,13H,2,12,14H2,1H3,(H,24,27). The number of benzene rings is 2. The summed E-state index contributed by atoms with van der Waals surface area (Å²) in [5.74, 6) is -0.234. The first-order valence-electron chi connectivity index (χ1n) is 9.42. The van der Waals surface area contributed by atoms with Gasteiger partial charge in [0.25, 0.3) is 5.91 Å². The highest BCUT2D eigenvalue weighted by atomic mass is 16.5. The molecule has 0 saturated carbocycles. The Morgan fingerprint density at radius 2 is 1.90 bits per heavy atom. The number of ether oxygens (including phenoxy) is 1. The van der Waals surface area contributed by atoms with E-state index in [0.717, 1.165) is 18.7 Å². The number of fused-ring (bicyclic) bond motifs is 1. The molecular weight excluding hydrogens is 368 g/mol. The normalized spacial score (nSPS) is 12.4. The van der Waals surface area contributed by atoms with Crippen LogP contribution in [-0.4, -0.2) is 35.0 Å². The third-order valence-electron chi connectivity index (χ3n) is 4.66. The molecule has 0 fully saturated rings. The maximum absolute atomic E-state index is 12.6. The number of aromatic nitrogens is 2. The summed E-state index contributed by atoms with van der Waals surface area (Å²) in [6.45, 7) is 2.85. The van der Waals surface area contributed by atoms with Gasteiger partial charge in [-0.25, -0.2) is 14.8 Å². The number of carbonyl (C=O) groups is 2. The highest BCUT2D eigenvalue weighted by Crippen LogP contribution is 2.32. The van der Waals surface area contributed by atoms with Crippen LogP contribution in [0, 0.1) is 0 Å². The van der Waals surface area contributed by atoms with Crippen LogP contribution in [0.5, 0.6) is 0 Å². The first-order chi connectivity index (χ1) is 14.2. The second-order valence-electron chi connectivity index (χ2n) is 6.52. The fourth-order valence-electron chi connectivity index (χ4n) is 3.25. The van der Waals surface area contributed by atoms with Crippen LogP contribution >= 0.6 is 0 Å². The van der Waals surface area contributed by atoms with Gasteiger partial charge >= 0.3 is 5.97 Å². The third-order valence-corrected chi connectivity index (χ3v) is 4.66. The van der Waals surface area contributed by atoms with Crippen LogP contribution in [0.4, 0.5) is 17.3 Å². The zero-order chi connectivity index (χ0) is 20.2. The number of carbonyl (C=O) groups excluding carboxylic acids is 2. The summed E-state index contributed by atoms with van der Waals surface area (Å²) in [7, 11) is 0.